The van der Waals surface area contributed by atoms with Crippen LogP contribution in [-0.2, 0) is 6.42 Å². The van der Waals surface area contributed by atoms with E-state index in [0.717, 1.165) is 54.8 Å². The predicted octanol–water partition coefficient (Wildman–Crippen LogP) is 4.15. The highest BCUT2D eigenvalue weighted by atomic mass is 16.5. The molecular formula is C23H25N3O3. The molecule has 1 aliphatic rings. The number of aryl methyl sites for hydroxylation is 1. The van der Waals surface area contributed by atoms with E-state index in [1.165, 1.54) is 0 Å². The van der Waals surface area contributed by atoms with Gasteiger partial charge in [-0.15, -0.1) is 10.2 Å². The molecule has 2 aromatic carbocycles. The number of carbonyl (C=O) groups excluding carboxylic acids is 1. The topological polar surface area (TPSA) is 68.5 Å². The molecule has 6 heteroatoms. The summed E-state index contributed by atoms with van der Waals surface area (Å²) in [7, 11) is 1.63. The van der Waals surface area contributed by atoms with Crippen LogP contribution in [0.25, 0.3) is 11.5 Å². The van der Waals surface area contributed by atoms with E-state index in [4.69, 9.17) is 9.15 Å². The Labute approximate surface area is 170 Å². The van der Waals surface area contributed by atoms with Gasteiger partial charge < -0.3 is 14.1 Å². The molecule has 29 heavy (non-hydrogen) atoms. The van der Waals surface area contributed by atoms with Crippen molar-refractivity contribution < 1.29 is 13.9 Å². The van der Waals surface area contributed by atoms with Crippen LogP contribution in [0.15, 0.2) is 52.9 Å². The molecular weight excluding hydrogens is 366 g/mol. The average Bonchev–Trinajstić information content (AvgIpc) is 3.23. The molecule has 0 unspecified atom stereocenters. The lowest BCUT2D eigenvalue weighted by molar-refractivity contribution is 0.0687. The number of ether oxygens (including phenoxy) is 1. The number of hydrogen-bond acceptors (Lipinski definition) is 5. The Bertz CT molecular complexity index is 976. The maximum Gasteiger partial charge on any atom is 0.254 e. The summed E-state index contributed by atoms with van der Waals surface area (Å²) in [5, 5.41) is 8.37. The fraction of sp³-hybridized carbons (Fsp3) is 0.348. The second-order valence-electron chi connectivity index (χ2n) is 7.49. The lowest BCUT2D eigenvalue weighted by atomic mass is 9.93. The zero-order valence-electron chi connectivity index (χ0n) is 16.8. The molecule has 3 aromatic rings. The van der Waals surface area contributed by atoms with Crippen molar-refractivity contribution >= 4 is 5.91 Å². The number of rotatable bonds is 5. The molecule has 0 saturated carbocycles. The zero-order valence-corrected chi connectivity index (χ0v) is 16.8. The maximum absolute atomic E-state index is 12.9. The molecule has 0 aliphatic carbocycles. The molecule has 0 atom stereocenters. The number of methoxy groups -OCH3 is 1. The summed E-state index contributed by atoms with van der Waals surface area (Å²) < 4.78 is 11.1. The van der Waals surface area contributed by atoms with Crippen LogP contribution in [0.4, 0.5) is 0 Å². The third-order valence-electron chi connectivity index (χ3n) is 5.52. The molecule has 6 nitrogen and oxygen atoms in total. The summed E-state index contributed by atoms with van der Waals surface area (Å²) in [4.78, 5) is 14.8. The van der Waals surface area contributed by atoms with Gasteiger partial charge in [-0.2, -0.15) is 0 Å². The number of hydrogen-bond donors (Lipinski definition) is 0. The van der Waals surface area contributed by atoms with Crippen molar-refractivity contribution in [2.45, 2.75) is 26.2 Å². The molecule has 0 bridgehead atoms. The standard InChI is InChI=1S/C23H25N3O3/c1-16-14-19(28-2)8-9-20(16)23(27)26-12-10-17(11-13-26)15-21-24-25-22(29-21)18-6-4-3-5-7-18/h3-9,14,17H,10-13,15H2,1-2H3. The Morgan fingerprint density at radius 2 is 1.90 bits per heavy atom. The molecule has 1 amide bonds. The lowest BCUT2D eigenvalue weighted by Crippen LogP contribution is -2.39. The Kier molecular flexibility index (Phi) is 5.60. The van der Waals surface area contributed by atoms with Crippen molar-refractivity contribution in [2.75, 3.05) is 20.2 Å². The SMILES string of the molecule is COc1ccc(C(=O)N2CCC(Cc3nnc(-c4ccccc4)o3)CC2)c(C)c1. The third kappa shape index (κ3) is 4.31. The van der Waals surface area contributed by atoms with Gasteiger partial charge in [-0.1, -0.05) is 18.2 Å². The lowest BCUT2D eigenvalue weighted by Gasteiger charge is -2.32. The van der Waals surface area contributed by atoms with Crippen LogP contribution in [0.1, 0.15) is 34.7 Å². The van der Waals surface area contributed by atoms with Gasteiger partial charge >= 0.3 is 0 Å². The third-order valence-corrected chi connectivity index (χ3v) is 5.52. The summed E-state index contributed by atoms with van der Waals surface area (Å²) in [6, 6.07) is 15.4. The van der Waals surface area contributed by atoms with Gasteiger partial charge in [0.2, 0.25) is 11.8 Å². The van der Waals surface area contributed by atoms with Gasteiger partial charge in [0.05, 0.1) is 7.11 Å². The fourth-order valence-electron chi connectivity index (χ4n) is 3.79. The molecule has 4 rings (SSSR count). The number of piperidine rings is 1. The van der Waals surface area contributed by atoms with Crippen molar-refractivity contribution in [1.82, 2.24) is 15.1 Å². The number of carbonyl (C=O) groups is 1. The van der Waals surface area contributed by atoms with E-state index >= 15 is 0 Å². The van der Waals surface area contributed by atoms with Gasteiger partial charge in [0.25, 0.3) is 5.91 Å². The summed E-state index contributed by atoms with van der Waals surface area (Å²) >= 11 is 0. The summed E-state index contributed by atoms with van der Waals surface area (Å²) in [6.07, 6.45) is 2.62. The molecule has 0 N–H and O–H groups in total. The van der Waals surface area contributed by atoms with E-state index in [9.17, 15) is 4.79 Å². The zero-order chi connectivity index (χ0) is 20.2. The van der Waals surface area contributed by atoms with Crippen molar-refractivity contribution in [3.05, 3.63) is 65.5 Å². The van der Waals surface area contributed by atoms with E-state index in [1.54, 1.807) is 7.11 Å². The summed E-state index contributed by atoms with van der Waals surface area (Å²) in [5.41, 5.74) is 2.62. The molecule has 0 radical (unpaired) electrons. The molecule has 1 fully saturated rings. The monoisotopic (exact) mass is 391 g/mol. The van der Waals surface area contributed by atoms with Crippen molar-refractivity contribution in [3.8, 4) is 17.2 Å². The Morgan fingerprint density at radius 3 is 2.59 bits per heavy atom. The number of nitrogens with zero attached hydrogens (tertiary/aromatic N) is 3. The minimum atomic E-state index is 0.0905. The minimum absolute atomic E-state index is 0.0905. The highest BCUT2D eigenvalue weighted by Gasteiger charge is 2.26. The summed E-state index contributed by atoms with van der Waals surface area (Å²) in [5.74, 6) is 2.53. The van der Waals surface area contributed by atoms with Crippen LogP contribution in [0.3, 0.4) is 0 Å². The Morgan fingerprint density at radius 1 is 1.14 bits per heavy atom. The summed E-state index contributed by atoms with van der Waals surface area (Å²) in [6.45, 7) is 3.44. The van der Waals surface area contributed by atoms with Gasteiger partial charge in [0.1, 0.15) is 5.75 Å². The van der Waals surface area contributed by atoms with Crippen LogP contribution in [-0.4, -0.2) is 41.2 Å². The highest BCUT2D eigenvalue weighted by molar-refractivity contribution is 5.95. The first-order chi connectivity index (χ1) is 14.1. The molecule has 0 spiro atoms. The normalized spacial score (nSPS) is 14.8. The molecule has 2 heterocycles. The largest absolute Gasteiger partial charge is 0.497 e. The second kappa shape index (κ2) is 8.47. The Balaban J connectivity index is 1.34. The van der Waals surface area contributed by atoms with Gasteiger partial charge in [-0.25, -0.2) is 0 Å². The highest BCUT2D eigenvalue weighted by Crippen LogP contribution is 2.25. The van der Waals surface area contributed by atoms with Gasteiger partial charge in [0.15, 0.2) is 0 Å². The number of likely N-dealkylation sites (tertiary alicyclic amines) is 1. The van der Waals surface area contributed by atoms with E-state index in [-0.39, 0.29) is 5.91 Å². The Hall–Kier alpha value is -3.15. The first kappa shape index (κ1) is 19.2. The van der Waals surface area contributed by atoms with Gasteiger partial charge in [-0.3, -0.25) is 4.79 Å². The second-order valence-corrected chi connectivity index (χ2v) is 7.49. The van der Waals surface area contributed by atoms with E-state index in [0.29, 0.717) is 17.7 Å². The fourth-order valence-corrected chi connectivity index (χ4v) is 3.79. The number of amides is 1. The van der Waals surface area contributed by atoms with Crippen LogP contribution in [0.2, 0.25) is 0 Å². The molecule has 1 aliphatic heterocycles. The first-order valence-corrected chi connectivity index (χ1v) is 9.96. The molecule has 1 saturated heterocycles. The van der Waals surface area contributed by atoms with Crippen molar-refractivity contribution in [2.24, 2.45) is 5.92 Å². The maximum atomic E-state index is 12.9. The van der Waals surface area contributed by atoms with Crippen LogP contribution in [0, 0.1) is 12.8 Å². The van der Waals surface area contributed by atoms with Crippen LogP contribution in [0.5, 0.6) is 5.75 Å². The van der Waals surface area contributed by atoms with Crippen LogP contribution < -0.4 is 4.74 Å². The van der Waals surface area contributed by atoms with E-state index in [2.05, 4.69) is 10.2 Å². The van der Waals surface area contributed by atoms with Gasteiger partial charge in [-0.05, 0) is 61.6 Å². The predicted molar refractivity (Wildman–Crippen MR) is 110 cm³/mol. The average molecular weight is 391 g/mol. The minimum Gasteiger partial charge on any atom is -0.497 e. The van der Waals surface area contributed by atoms with Gasteiger partial charge in [0, 0.05) is 30.6 Å². The smallest absolute Gasteiger partial charge is 0.254 e. The van der Waals surface area contributed by atoms with Crippen molar-refractivity contribution in [1.29, 1.82) is 0 Å². The number of benzene rings is 2. The first-order valence-electron chi connectivity index (χ1n) is 9.96. The van der Waals surface area contributed by atoms with Crippen LogP contribution >= 0.6 is 0 Å². The quantitative estimate of drug-likeness (QED) is 0.654. The van der Waals surface area contributed by atoms with E-state index in [1.807, 2.05) is 60.4 Å². The van der Waals surface area contributed by atoms with E-state index < -0.39 is 0 Å². The van der Waals surface area contributed by atoms with Crippen molar-refractivity contribution in [3.63, 3.8) is 0 Å². The molecule has 1 aromatic heterocycles. The molecule has 150 valence electrons. The number of aromatic nitrogens is 2.